The Morgan fingerprint density at radius 3 is 2.55 bits per heavy atom. The van der Waals surface area contributed by atoms with Crippen molar-refractivity contribution in [3.8, 4) is 0 Å². The van der Waals surface area contributed by atoms with Gasteiger partial charge in [-0.2, -0.15) is 0 Å². The first-order valence-electron chi connectivity index (χ1n) is 8.18. The number of esters is 1. The van der Waals surface area contributed by atoms with Gasteiger partial charge in [-0.25, -0.2) is 4.79 Å². The first-order chi connectivity index (χ1) is 10.5. The summed E-state index contributed by atoms with van der Waals surface area (Å²) in [6.07, 6.45) is 5.59. The number of carbonyl (C=O) groups is 1. The highest BCUT2D eigenvalue weighted by molar-refractivity contribution is 6.30. The van der Waals surface area contributed by atoms with Crippen molar-refractivity contribution in [1.29, 1.82) is 0 Å². The number of aliphatic hydroxyl groups is 1. The Bertz CT molecular complexity index is 538. The van der Waals surface area contributed by atoms with Crippen LogP contribution < -0.4 is 0 Å². The quantitative estimate of drug-likeness (QED) is 0.844. The second-order valence-electron chi connectivity index (χ2n) is 6.70. The molecule has 1 aromatic carbocycles. The van der Waals surface area contributed by atoms with Gasteiger partial charge in [0.2, 0.25) is 0 Å². The molecule has 22 heavy (non-hydrogen) atoms. The predicted molar refractivity (Wildman–Crippen MR) is 86.0 cm³/mol. The molecule has 4 heteroatoms. The summed E-state index contributed by atoms with van der Waals surface area (Å²) in [6, 6.07) is 6.74. The van der Waals surface area contributed by atoms with Crippen molar-refractivity contribution in [1.82, 2.24) is 0 Å². The maximum absolute atomic E-state index is 12.4. The van der Waals surface area contributed by atoms with Gasteiger partial charge < -0.3 is 9.84 Å². The van der Waals surface area contributed by atoms with E-state index in [0.29, 0.717) is 16.5 Å². The van der Waals surface area contributed by atoms with Crippen LogP contribution >= 0.6 is 11.6 Å². The number of rotatable bonds is 4. The van der Waals surface area contributed by atoms with E-state index in [2.05, 4.69) is 0 Å². The van der Waals surface area contributed by atoms with E-state index in [1.807, 2.05) is 6.92 Å². The maximum Gasteiger partial charge on any atom is 0.338 e. The minimum atomic E-state index is -0.359. The molecule has 0 saturated heterocycles. The average molecular weight is 323 g/mol. The SMILES string of the molecule is C[C@H](OC(=O)c1ccc(Cl)cc1)[C@]1(C2CC2)CCCC[C@@H]1O. The highest BCUT2D eigenvalue weighted by atomic mass is 35.5. The Labute approximate surface area is 136 Å². The lowest BCUT2D eigenvalue weighted by molar-refractivity contribution is -0.108. The zero-order valence-electron chi connectivity index (χ0n) is 12.9. The van der Waals surface area contributed by atoms with Crippen LogP contribution in [0, 0.1) is 11.3 Å². The minimum Gasteiger partial charge on any atom is -0.458 e. The lowest BCUT2D eigenvalue weighted by Crippen LogP contribution is -2.49. The third kappa shape index (κ3) is 2.89. The van der Waals surface area contributed by atoms with Gasteiger partial charge in [0.1, 0.15) is 6.10 Å². The number of aliphatic hydroxyl groups excluding tert-OH is 1. The zero-order valence-corrected chi connectivity index (χ0v) is 13.7. The molecule has 0 bridgehead atoms. The molecule has 2 aliphatic rings. The maximum atomic E-state index is 12.4. The van der Waals surface area contributed by atoms with Gasteiger partial charge in [0.25, 0.3) is 0 Å². The molecular formula is C18H23ClO3. The molecule has 3 rings (SSSR count). The highest BCUT2D eigenvalue weighted by Crippen LogP contribution is 2.56. The fourth-order valence-electron chi connectivity index (χ4n) is 4.03. The number of hydrogen-bond donors (Lipinski definition) is 1. The topological polar surface area (TPSA) is 46.5 Å². The molecule has 2 saturated carbocycles. The van der Waals surface area contributed by atoms with Crippen LogP contribution in [0.25, 0.3) is 0 Å². The van der Waals surface area contributed by atoms with Crippen LogP contribution in [0.15, 0.2) is 24.3 Å². The van der Waals surface area contributed by atoms with Gasteiger partial charge in [0.05, 0.1) is 11.7 Å². The molecule has 3 nitrogen and oxygen atoms in total. The van der Waals surface area contributed by atoms with E-state index in [1.165, 1.54) is 0 Å². The average Bonchev–Trinajstić information content (AvgIpc) is 3.33. The number of ether oxygens (including phenoxy) is 1. The van der Waals surface area contributed by atoms with Crippen LogP contribution in [-0.2, 0) is 4.74 Å². The van der Waals surface area contributed by atoms with Crippen molar-refractivity contribution < 1.29 is 14.6 Å². The van der Waals surface area contributed by atoms with Gasteiger partial charge in [-0.1, -0.05) is 24.4 Å². The van der Waals surface area contributed by atoms with Gasteiger partial charge in [0, 0.05) is 10.4 Å². The summed E-state index contributed by atoms with van der Waals surface area (Å²) >= 11 is 5.85. The van der Waals surface area contributed by atoms with E-state index >= 15 is 0 Å². The van der Waals surface area contributed by atoms with Gasteiger partial charge in [0.15, 0.2) is 0 Å². The molecular weight excluding hydrogens is 300 g/mol. The smallest absolute Gasteiger partial charge is 0.338 e. The molecule has 0 radical (unpaired) electrons. The van der Waals surface area contributed by atoms with Crippen molar-refractivity contribution in [2.24, 2.45) is 11.3 Å². The van der Waals surface area contributed by atoms with E-state index in [1.54, 1.807) is 24.3 Å². The molecule has 0 heterocycles. The normalized spacial score (nSPS) is 29.9. The highest BCUT2D eigenvalue weighted by Gasteiger charge is 2.55. The predicted octanol–water partition coefficient (Wildman–Crippen LogP) is 4.22. The molecule has 0 amide bonds. The number of carbonyl (C=O) groups excluding carboxylic acids is 1. The second-order valence-corrected chi connectivity index (χ2v) is 7.14. The Balaban J connectivity index is 1.75. The van der Waals surface area contributed by atoms with Crippen LogP contribution in [0.2, 0.25) is 5.02 Å². The lowest BCUT2D eigenvalue weighted by atomic mass is 9.65. The number of halogens is 1. The Morgan fingerprint density at radius 2 is 1.95 bits per heavy atom. The number of benzene rings is 1. The third-order valence-electron chi connectivity index (χ3n) is 5.42. The fraction of sp³-hybridized carbons (Fsp3) is 0.611. The standard InChI is InChI=1S/C18H23ClO3/c1-12(22-17(21)13-5-9-15(19)10-6-13)18(14-7-8-14)11-3-2-4-16(18)20/h5-6,9-10,12,14,16,20H,2-4,7-8,11H2,1H3/t12-,16-,18-/m0/s1. The molecule has 1 N–H and O–H groups in total. The molecule has 0 spiro atoms. The lowest BCUT2D eigenvalue weighted by Gasteiger charge is -2.45. The van der Waals surface area contributed by atoms with Crippen molar-refractivity contribution in [3.63, 3.8) is 0 Å². The molecule has 0 aromatic heterocycles. The Hall–Kier alpha value is -1.06. The summed E-state index contributed by atoms with van der Waals surface area (Å²) in [5.74, 6) is 0.165. The van der Waals surface area contributed by atoms with E-state index in [4.69, 9.17) is 16.3 Å². The Morgan fingerprint density at radius 1 is 1.27 bits per heavy atom. The molecule has 3 atom stereocenters. The number of hydrogen-bond acceptors (Lipinski definition) is 3. The van der Waals surface area contributed by atoms with Gasteiger partial charge in [-0.15, -0.1) is 0 Å². The molecule has 2 fully saturated rings. The molecule has 0 unspecified atom stereocenters. The third-order valence-corrected chi connectivity index (χ3v) is 5.67. The van der Waals surface area contributed by atoms with Crippen molar-refractivity contribution in [3.05, 3.63) is 34.9 Å². The second kappa shape index (κ2) is 6.21. The molecule has 120 valence electrons. The van der Waals surface area contributed by atoms with E-state index < -0.39 is 0 Å². The van der Waals surface area contributed by atoms with Gasteiger partial charge in [-0.05, 0) is 62.8 Å². The first-order valence-corrected chi connectivity index (χ1v) is 8.56. The zero-order chi connectivity index (χ0) is 15.7. The van der Waals surface area contributed by atoms with Crippen molar-refractivity contribution >= 4 is 17.6 Å². The Kier molecular flexibility index (Phi) is 4.47. The summed E-state index contributed by atoms with van der Waals surface area (Å²) in [6.45, 7) is 1.95. The summed E-state index contributed by atoms with van der Waals surface area (Å²) in [5.41, 5.74) is 0.257. The van der Waals surface area contributed by atoms with E-state index in [-0.39, 0.29) is 23.6 Å². The summed E-state index contributed by atoms with van der Waals surface area (Å²) in [5, 5.41) is 11.2. The van der Waals surface area contributed by atoms with E-state index in [9.17, 15) is 9.90 Å². The minimum absolute atomic E-state index is 0.250. The van der Waals surface area contributed by atoms with Crippen molar-refractivity contribution in [2.45, 2.75) is 57.7 Å². The van der Waals surface area contributed by atoms with Crippen LogP contribution in [0.5, 0.6) is 0 Å². The molecule has 0 aliphatic heterocycles. The van der Waals surface area contributed by atoms with Crippen molar-refractivity contribution in [2.75, 3.05) is 0 Å². The van der Waals surface area contributed by atoms with Gasteiger partial charge in [-0.3, -0.25) is 0 Å². The summed E-state index contributed by atoms with van der Waals surface area (Å²) in [4.78, 5) is 12.4. The first kappa shape index (κ1) is 15.8. The van der Waals surface area contributed by atoms with Crippen LogP contribution in [0.1, 0.15) is 55.8 Å². The monoisotopic (exact) mass is 322 g/mol. The van der Waals surface area contributed by atoms with E-state index in [0.717, 1.165) is 38.5 Å². The van der Waals surface area contributed by atoms with Crippen LogP contribution in [0.4, 0.5) is 0 Å². The summed E-state index contributed by atoms with van der Waals surface area (Å²) < 4.78 is 5.75. The summed E-state index contributed by atoms with van der Waals surface area (Å²) in [7, 11) is 0. The largest absolute Gasteiger partial charge is 0.458 e. The van der Waals surface area contributed by atoms with Crippen LogP contribution in [-0.4, -0.2) is 23.3 Å². The van der Waals surface area contributed by atoms with Gasteiger partial charge >= 0.3 is 5.97 Å². The van der Waals surface area contributed by atoms with Crippen LogP contribution in [0.3, 0.4) is 0 Å². The molecule has 2 aliphatic carbocycles. The fourth-order valence-corrected chi connectivity index (χ4v) is 4.16. The molecule has 1 aromatic rings.